The molecule has 1 aromatic rings. The number of ether oxygens (including phenoxy) is 1. The standard InChI is InChI=1S/C20H30N2O3/c1-5-17-11-16(12-19(23)21-17)20(24)22(14(3)4)13-15-7-9-18(10-8-15)25-6-2/h7-10,14,16-17H,5-6,11-13H2,1-4H3,(H,21,23)/t16-,17+/m1/s1. The fraction of sp³-hybridized carbons (Fsp3) is 0.600. The van der Waals surface area contributed by atoms with Gasteiger partial charge in [0.1, 0.15) is 5.75 Å². The van der Waals surface area contributed by atoms with Crippen LogP contribution < -0.4 is 10.1 Å². The first kappa shape index (κ1) is 19.3. The molecular formula is C20H30N2O3. The third-order valence-corrected chi connectivity index (χ3v) is 4.70. The van der Waals surface area contributed by atoms with Gasteiger partial charge in [-0.05, 0) is 51.3 Å². The lowest BCUT2D eigenvalue weighted by atomic mass is 9.89. The fourth-order valence-corrected chi connectivity index (χ4v) is 3.26. The van der Waals surface area contributed by atoms with Gasteiger partial charge in [0.2, 0.25) is 11.8 Å². The Labute approximate surface area is 150 Å². The number of rotatable bonds is 7. The SMILES string of the molecule is CCOc1ccc(CN(C(=O)[C@H]2CC(=O)N[C@@H](CC)C2)C(C)C)cc1. The maximum Gasteiger partial charge on any atom is 0.226 e. The summed E-state index contributed by atoms with van der Waals surface area (Å²) in [6.07, 6.45) is 1.88. The van der Waals surface area contributed by atoms with E-state index in [4.69, 9.17) is 4.74 Å². The first-order valence-corrected chi connectivity index (χ1v) is 9.26. The van der Waals surface area contributed by atoms with Crippen LogP contribution in [0.4, 0.5) is 0 Å². The number of hydrogen-bond donors (Lipinski definition) is 1. The summed E-state index contributed by atoms with van der Waals surface area (Å²) in [5.41, 5.74) is 1.07. The third kappa shape index (κ3) is 5.21. The van der Waals surface area contributed by atoms with Crippen molar-refractivity contribution in [2.24, 2.45) is 5.92 Å². The lowest BCUT2D eigenvalue weighted by molar-refractivity contribution is -0.143. The van der Waals surface area contributed by atoms with Gasteiger partial charge < -0.3 is 15.0 Å². The molecule has 2 atom stereocenters. The molecule has 138 valence electrons. The molecule has 1 aromatic carbocycles. The average Bonchev–Trinajstić information content (AvgIpc) is 2.59. The highest BCUT2D eigenvalue weighted by atomic mass is 16.5. The lowest BCUT2D eigenvalue weighted by Gasteiger charge is -2.34. The largest absolute Gasteiger partial charge is 0.494 e. The van der Waals surface area contributed by atoms with Gasteiger partial charge in [0.25, 0.3) is 0 Å². The number of carbonyl (C=O) groups excluding carboxylic acids is 2. The van der Waals surface area contributed by atoms with Crippen molar-refractivity contribution in [1.29, 1.82) is 0 Å². The van der Waals surface area contributed by atoms with Gasteiger partial charge in [-0.15, -0.1) is 0 Å². The van der Waals surface area contributed by atoms with Crippen LogP contribution in [0.25, 0.3) is 0 Å². The number of benzene rings is 1. The molecule has 25 heavy (non-hydrogen) atoms. The molecule has 5 nitrogen and oxygen atoms in total. The van der Waals surface area contributed by atoms with Crippen molar-refractivity contribution in [2.75, 3.05) is 6.61 Å². The van der Waals surface area contributed by atoms with Crippen LogP contribution in [-0.4, -0.2) is 35.4 Å². The molecule has 2 rings (SSSR count). The fourth-order valence-electron chi connectivity index (χ4n) is 3.26. The van der Waals surface area contributed by atoms with Crippen molar-refractivity contribution >= 4 is 11.8 Å². The number of hydrogen-bond acceptors (Lipinski definition) is 3. The molecule has 1 aliphatic rings. The minimum absolute atomic E-state index is 0.0128. The van der Waals surface area contributed by atoms with Gasteiger partial charge in [-0.1, -0.05) is 19.1 Å². The van der Waals surface area contributed by atoms with E-state index in [0.717, 1.165) is 24.2 Å². The minimum atomic E-state index is -0.219. The second kappa shape index (κ2) is 8.88. The molecule has 1 heterocycles. The van der Waals surface area contributed by atoms with Crippen LogP contribution in [0.15, 0.2) is 24.3 Å². The van der Waals surface area contributed by atoms with E-state index in [9.17, 15) is 9.59 Å². The molecule has 5 heteroatoms. The maximum absolute atomic E-state index is 13.0. The number of nitrogens with zero attached hydrogens (tertiary/aromatic N) is 1. The van der Waals surface area contributed by atoms with Crippen LogP contribution in [0.5, 0.6) is 5.75 Å². The number of nitrogens with one attached hydrogen (secondary N) is 1. The minimum Gasteiger partial charge on any atom is -0.494 e. The molecule has 1 fully saturated rings. The van der Waals surface area contributed by atoms with E-state index in [2.05, 4.69) is 5.32 Å². The summed E-state index contributed by atoms with van der Waals surface area (Å²) < 4.78 is 5.47. The van der Waals surface area contributed by atoms with E-state index >= 15 is 0 Å². The Morgan fingerprint density at radius 3 is 2.52 bits per heavy atom. The summed E-state index contributed by atoms with van der Waals surface area (Å²) in [6.45, 7) is 9.23. The molecule has 0 saturated carbocycles. The van der Waals surface area contributed by atoms with E-state index in [1.54, 1.807) is 0 Å². The van der Waals surface area contributed by atoms with Crippen molar-refractivity contribution in [2.45, 2.75) is 65.6 Å². The highest BCUT2D eigenvalue weighted by molar-refractivity contribution is 5.87. The summed E-state index contributed by atoms with van der Waals surface area (Å²) >= 11 is 0. The second-order valence-corrected chi connectivity index (χ2v) is 6.95. The molecule has 1 N–H and O–H groups in total. The molecule has 0 aromatic heterocycles. The third-order valence-electron chi connectivity index (χ3n) is 4.70. The summed E-state index contributed by atoms with van der Waals surface area (Å²) in [6, 6.07) is 8.05. The van der Waals surface area contributed by atoms with E-state index < -0.39 is 0 Å². The molecule has 1 saturated heterocycles. The van der Waals surface area contributed by atoms with Crippen molar-refractivity contribution in [3.8, 4) is 5.75 Å². The smallest absolute Gasteiger partial charge is 0.226 e. The predicted octanol–water partition coefficient (Wildman–Crippen LogP) is 3.13. The molecule has 0 spiro atoms. The van der Waals surface area contributed by atoms with Gasteiger partial charge in [0.05, 0.1) is 6.61 Å². The van der Waals surface area contributed by atoms with Gasteiger partial charge in [0, 0.05) is 31.0 Å². The van der Waals surface area contributed by atoms with Crippen LogP contribution in [0.3, 0.4) is 0 Å². The Morgan fingerprint density at radius 1 is 1.28 bits per heavy atom. The zero-order valence-electron chi connectivity index (χ0n) is 15.7. The molecule has 0 aliphatic carbocycles. The van der Waals surface area contributed by atoms with Crippen LogP contribution in [-0.2, 0) is 16.1 Å². The highest BCUT2D eigenvalue weighted by Crippen LogP contribution is 2.24. The zero-order chi connectivity index (χ0) is 18.4. The van der Waals surface area contributed by atoms with Crippen molar-refractivity contribution in [3.05, 3.63) is 29.8 Å². The quantitative estimate of drug-likeness (QED) is 0.825. The first-order chi connectivity index (χ1) is 11.9. The van der Waals surface area contributed by atoms with Crippen LogP contribution in [0.2, 0.25) is 0 Å². The monoisotopic (exact) mass is 346 g/mol. The summed E-state index contributed by atoms with van der Waals surface area (Å²) in [5.74, 6) is 0.686. The van der Waals surface area contributed by atoms with E-state index in [-0.39, 0.29) is 29.8 Å². The summed E-state index contributed by atoms with van der Waals surface area (Å²) in [7, 11) is 0. The lowest BCUT2D eigenvalue weighted by Crippen LogP contribution is -2.48. The molecule has 0 unspecified atom stereocenters. The van der Waals surface area contributed by atoms with Gasteiger partial charge in [-0.3, -0.25) is 9.59 Å². The predicted molar refractivity (Wildman–Crippen MR) is 98.2 cm³/mol. The Kier molecular flexibility index (Phi) is 6.85. The van der Waals surface area contributed by atoms with Gasteiger partial charge in [-0.2, -0.15) is 0 Å². The van der Waals surface area contributed by atoms with E-state index in [1.807, 2.05) is 56.9 Å². The molecule has 2 amide bonds. The molecule has 1 aliphatic heterocycles. The number of piperidine rings is 1. The molecular weight excluding hydrogens is 316 g/mol. The average molecular weight is 346 g/mol. The Morgan fingerprint density at radius 2 is 1.96 bits per heavy atom. The van der Waals surface area contributed by atoms with Crippen molar-refractivity contribution in [1.82, 2.24) is 10.2 Å². The van der Waals surface area contributed by atoms with Gasteiger partial charge in [0.15, 0.2) is 0 Å². The maximum atomic E-state index is 13.0. The van der Waals surface area contributed by atoms with Crippen LogP contribution >= 0.6 is 0 Å². The Balaban J connectivity index is 2.08. The first-order valence-electron chi connectivity index (χ1n) is 9.26. The summed E-state index contributed by atoms with van der Waals surface area (Å²) in [4.78, 5) is 26.8. The molecule has 0 radical (unpaired) electrons. The summed E-state index contributed by atoms with van der Waals surface area (Å²) in [5, 5.41) is 2.96. The number of amides is 2. The van der Waals surface area contributed by atoms with E-state index in [1.165, 1.54) is 0 Å². The Bertz CT molecular complexity index is 583. The van der Waals surface area contributed by atoms with Crippen LogP contribution in [0, 0.1) is 5.92 Å². The van der Waals surface area contributed by atoms with Gasteiger partial charge >= 0.3 is 0 Å². The van der Waals surface area contributed by atoms with Crippen molar-refractivity contribution < 1.29 is 14.3 Å². The topological polar surface area (TPSA) is 58.6 Å². The van der Waals surface area contributed by atoms with Crippen molar-refractivity contribution in [3.63, 3.8) is 0 Å². The van der Waals surface area contributed by atoms with Crippen LogP contribution in [0.1, 0.15) is 52.5 Å². The van der Waals surface area contributed by atoms with Gasteiger partial charge in [-0.25, -0.2) is 0 Å². The van der Waals surface area contributed by atoms with E-state index in [0.29, 0.717) is 19.6 Å². The second-order valence-electron chi connectivity index (χ2n) is 6.95. The molecule has 0 bridgehead atoms. The number of carbonyl (C=O) groups is 2. The highest BCUT2D eigenvalue weighted by Gasteiger charge is 2.33. The Hall–Kier alpha value is -2.04. The normalized spacial score (nSPS) is 20.3. The zero-order valence-corrected chi connectivity index (χ0v) is 15.7.